The van der Waals surface area contributed by atoms with Gasteiger partial charge in [-0.2, -0.15) is 11.8 Å². The molecule has 1 amide bonds. The molecular weight excluding hydrogens is 308 g/mol. The lowest BCUT2D eigenvalue weighted by atomic mass is 10.2. The third kappa shape index (κ3) is 3.37. The maximum absolute atomic E-state index is 12.6. The molecule has 2 saturated heterocycles. The summed E-state index contributed by atoms with van der Waals surface area (Å²) in [5.41, 5.74) is 0. The summed E-state index contributed by atoms with van der Waals surface area (Å²) in [6.45, 7) is 4.69. The maximum atomic E-state index is 12.6. The fourth-order valence-corrected chi connectivity index (χ4v) is 5.23. The van der Waals surface area contributed by atoms with Gasteiger partial charge in [-0.25, -0.2) is 0 Å². The van der Waals surface area contributed by atoms with Crippen LogP contribution in [0.5, 0.6) is 0 Å². The highest BCUT2D eigenvalue weighted by Crippen LogP contribution is 2.28. The van der Waals surface area contributed by atoms with E-state index in [0.717, 1.165) is 29.6 Å². The summed E-state index contributed by atoms with van der Waals surface area (Å²) in [5.74, 6) is 4.22. The molecule has 0 bridgehead atoms. The highest BCUT2D eigenvalue weighted by molar-refractivity contribution is 8.07. The van der Waals surface area contributed by atoms with E-state index in [1.54, 1.807) is 18.1 Å². The van der Waals surface area contributed by atoms with E-state index in [9.17, 15) is 4.79 Å². The van der Waals surface area contributed by atoms with Crippen molar-refractivity contribution in [3.05, 3.63) is 12.2 Å². The first-order valence-electron chi connectivity index (χ1n) is 7.27. The second-order valence-corrected chi connectivity index (χ2v) is 7.51. The topological polar surface area (TPSA) is 60.2 Å². The number of amides is 1. The molecule has 116 valence electrons. The zero-order chi connectivity index (χ0) is 14.7. The number of aromatic nitrogens is 3. The van der Waals surface area contributed by atoms with Crippen LogP contribution in [0.4, 0.5) is 0 Å². The van der Waals surface area contributed by atoms with Crippen molar-refractivity contribution in [1.82, 2.24) is 19.7 Å². The molecule has 0 aromatic carbocycles. The minimum Gasteiger partial charge on any atom is -0.366 e. The summed E-state index contributed by atoms with van der Waals surface area (Å²) < 4.78 is 7.78. The third-order valence-corrected chi connectivity index (χ3v) is 6.49. The van der Waals surface area contributed by atoms with Gasteiger partial charge in [0, 0.05) is 30.3 Å². The molecule has 0 radical (unpaired) electrons. The minimum atomic E-state index is -0.161. The van der Waals surface area contributed by atoms with Crippen molar-refractivity contribution in [3.63, 3.8) is 0 Å². The Labute approximate surface area is 133 Å². The Morgan fingerprint density at radius 1 is 1.52 bits per heavy atom. The molecule has 21 heavy (non-hydrogen) atoms. The smallest absolute Gasteiger partial charge is 0.236 e. The monoisotopic (exact) mass is 328 g/mol. The number of thioether (sulfide) groups is 2. The second-order valence-electron chi connectivity index (χ2n) is 5.05. The highest BCUT2D eigenvalue weighted by Gasteiger charge is 2.32. The number of ether oxygens (including phenoxy) is 1. The van der Waals surface area contributed by atoms with Crippen LogP contribution in [0.3, 0.4) is 0 Å². The first-order valence-corrected chi connectivity index (χ1v) is 9.47. The van der Waals surface area contributed by atoms with Crippen LogP contribution in [0, 0.1) is 0 Å². The van der Waals surface area contributed by atoms with E-state index in [1.807, 2.05) is 21.2 Å². The van der Waals surface area contributed by atoms with Gasteiger partial charge in [-0.05, 0) is 6.92 Å². The Morgan fingerprint density at radius 3 is 3.19 bits per heavy atom. The molecule has 6 nitrogen and oxygen atoms in total. The Kier molecular flexibility index (Phi) is 5.07. The van der Waals surface area contributed by atoms with Crippen molar-refractivity contribution >= 4 is 29.4 Å². The standard InChI is InChI=1S/C13H20N4O2S2/c1-2-16-9-14-15-12(16)10-7-17(3-4-19-10)13(18)11-8-20-5-6-21-11/h9-11H,2-8H2,1H3/t10-,11-/m0/s1. The number of rotatable bonds is 3. The summed E-state index contributed by atoms with van der Waals surface area (Å²) >= 11 is 3.66. The zero-order valence-electron chi connectivity index (χ0n) is 12.1. The van der Waals surface area contributed by atoms with Crippen LogP contribution in [0.15, 0.2) is 6.33 Å². The molecule has 3 heterocycles. The fraction of sp³-hybridized carbons (Fsp3) is 0.769. The molecular formula is C13H20N4O2S2. The number of morpholine rings is 1. The second kappa shape index (κ2) is 7.02. The predicted molar refractivity (Wildman–Crippen MR) is 84.5 cm³/mol. The largest absolute Gasteiger partial charge is 0.366 e. The summed E-state index contributed by atoms with van der Waals surface area (Å²) in [5, 5.41) is 8.21. The van der Waals surface area contributed by atoms with Crippen LogP contribution in [0.25, 0.3) is 0 Å². The number of carbonyl (C=O) groups excluding carboxylic acids is 1. The molecule has 1 aromatic rings. The Morgan fingerprint density at radius 2 is 2.43 bits per heavy atom. The first-order chi connectivity index (χ1) is 10.3. The first kappa shape index (κ1) is 15.2. The van der Waals surface area contributed by atoms with Crippen molar-refractivity contribution in [2.24, 2.45) is 0 Å². The van der Waals surface area contributed by atoms with E-state index in [-0.39, 0.29) is 17.3 Å². The highest BCUT2D eigenvalue weighted by atomic mass is 32.2. The van der Waals surface area contributed by atoms with Crippen LogP contribution >= 0.6 is 23.5 Å². The summed E-state index contributed by atoms with van der Waals surface area (Å²) in [6.07, 6.45) is 1.55. The molecule has 1 aromatic heterocycles. The van der Waals surface area contributed by atoms with Gasteiger partial charge in [0.2, 0.25) is 5.91 Å². The summed E-state index contributed by atoms with van der Waals surface area (Å²) in [7, 11) is 0. The van der Waals surface area contributed by atoms with E-state index in [2.05, 4.69) is 17.1 Å². The molecule has 2 aliphatic rings. The lowest BCUT2D eigenvalue weighted by molar-refractivity contribution is -0.138. The van der Waals surface area contributed by atoms with Gasteiger partial charge in [0.05, 0.1) is 18.4 Å². The molecule has 2 fully saturated rings. The fourth-order valence-electron chi connectivity index (χ4n) is 2.60. The number of nitrogens with zero attached hydrogens (tertiary/aromatic N) is 4. The minimum absolute atomic E-state index is 0.103. The van der Waals surface area contributed by atoms with Gasteiger partial charge in [-0.3, -0.25) is 4.79 Å². The molecule has 2 aliphatic heterocycles. The zero-order valence-corrected chi connectivity index (χ0v) is 13.7. The molecule has 3 rings (SSSR count). The average Bonchev–Trinajstić information content (AvgIpc) is 3.04. The van der Waals surface area contributed by atoms with Gasteiger partial charge in [0.1, 0.15) is 12.4 Å². The molecule has 0 unspecified atom stereocenters. The van der Waals surface area contributed by atoms with Crippen molar-refractivity contribution in [2.45, 2.75) is 24.8 Å². The number of carbonyl (C=O) groups is 1. The lowest BCUT2D eigenvalue weighted by Gasteiger charge is -2.35. The normalized spacial score (nSPS) is 26.8. The summed E-state index contributed by atoms with van der Waals surface area (Å²) in [4.78, 5) is 14.6. The van der Waals surface area contributed by atoms with Gasteiger partial charge in [0.15, 0.2) is 5.82 Å². The van der Waals surface area contributed by atoms with E-state index in [4.69, 9.17) is 4.74 Å². The molecule has 0 N–H and O–H groups in total. The number of aryl methyl sites for hydroxylation is 1. The SMILES string of the molecule is CCn1cnnc1[C@@H]1CN(C(=O)[C@@H]2CSCCS2)CCO1. The Balaban J connectivity index is 1.66. The number of hydrogen-bond acceptors (Lipinski definition) is 6. The van der Waals surface area contributed by atoms with Crippen LogP contribution in [-0.4, -0.2) is 67.8 Å². The van der Waals surface area contributed by atoms with E-state index in [0.29, 0.717) is 19.7 Å². The summed E-state index contributed by atoms with van der Waals surface area (Å²) in [6, 6.07) is 0. The van der Waals surface area contributed by atoms with Gasteiger partial charge in [-0.15, -0.1) is 22.0 Å². The average molecular weight is 328 g/mol. The van der Waals surface area contributed by atoms with Crippen molar-refractivity contribution in [2.75, 3.05) is 37.0 Å². The van der Waals surface area contributed by atoms with Gasteiger partial charge < -0.3 is 14.2 Å². The predicted octanol–water partition coefficient (Wildman–Crippen LogP) is 1.05. The Bertz CT molecular complexity index is 490. The molecule has 0 saturated carbocycles. The van der Waals surface area contributed by atoms with Crippen molar-refractivity contribution in [3.8, 4) is 0 Å². The van der Waals surface area contributed by atoms with Crippen LogP contribution in [0.2, 0.25) is 0 Å². The van der Waals surface area contributed by atoms with Crippen LogP contribution < -0.4 is 0 Å². The molecule has 8 heteroatoms. The molecule has 0 spiro atoms. The van der Waals surface area contributed by atoms with Crippen molar-refractivity contribution < 1.29 is 9.53 Å². The molecule has 0 aliphatic carbocycles. The van der Waals surface area contributed by atoms with Gasteiger partial charge in [0.25, 0.3) is 0 Å². The van der Waals surface area contributed by atoms with Crippen LogP contribution in [-0.2, 0) is 16.1 Å². The molecule has 2 atom stereocenters. The number of hydrogen-bond donors (Lipinski definition) is 0. The van der Waals surface area contributed by atoms with E-state index < -0.39 is 0 Å². The van der Waals surface area contributed by atoms with Gasteiger partial charge in [-0.1, -0.05) is 0 Å². The van der Waals surface area contributed by atoms with E-state index in [1.165, 1.54) is 0 Å². The Hall–Kier alpha value is -0.730. The van der Waals surface area contributed by atoms with Crippen LogP contribution in [0.1, 0.15) is 18.9 Å². The van der Waals surface area contributed by atoms with Gasteiger partial charge >= 0.3 is 0 Å². The quantitative estimate of drug-likeness (QED) is 0.826. The lowest BCUT2D eigenvalue weighted by Crippen LogP contribution is -2.47. The third-order valence-electron chi connectivity index (χ3n) is 3.74. The van der Waals surface area contributed by atoms with E-state index >= 15 is 0 Å². The maximum Gasteiger partial charge on any atom is 0.236 e. The van der Waals surface area contributed by atoms with Crippen molar-refractivity contribution in [1.29, 1.82) is 0 Å².